The molecule has 0 radical (unpaired) electrons. The molecule has 0 saturated heterocycles. The molecule has 26 heavy (non-hydrogen) atoms. The highest BCUT2D eigenvalue weighted by Gasteiger charge is 2.14. The third-order valence-corrected chi connectivity index (χ3v) is 4.44. The molecule has 1 atom stereocenters. The van der Waals surface area contributed by atoms with Crippen molar-refractivity contribution < 1.29 is 4.92 Å². The van der Waals surface area contributed by atoms with Crippen molar-refractivity contribution in [3.8, 4) is 23.7 Å². The second-order valence-corrected chi connectivity index (χ2v) is 6.52. The Kier molecular flexibility index (Phi) is 6.07. The van der Waals surface area contributed by atoms with Crippen molar-refractivity contribution in [2.24, 2.45) is 5.92 Å². The Morgan fingerprint density at radius 3 is 2.69 bits per heavy atom. The van der Waals surface area contributed by atoms with Gasteiger partial charge < -0.3 is 0 Å². The van der Waals surface area contributed by atoms with E-state index in [4.69, 9.17) is 0 Å². The fourth-order valence-corrected chi connectivity index (χ4v) is 3.06. The summed E-state index contributed by atoms with van der Waals surface area (Å²) in [7, 11) is 0. The van der Waals surface area contributed by atoms with E-state index in [1.165, 1.54) is 30.5 Å². The quantitative estimate of drug-likeness (QED) is 0.320. The minimum absolute atomic E-state index is 0.0816. The minimum Gasteiger partial charge on any atom is -0.258 e. The Morgan fingerprint density at radius 1 is 1.08 bits per heavy atom. The van der Waals surface area contributed by atoms with Crippen LogP contribution in [0, 0.1) is 39.7 Å². The van der Waals surface area contributed by atoms with Gasteiger partial charge in [-0.1, -0.05) is 53.5 Å². The summed E-state index contributed by atoms with van der Waals surface area (Å²) in [5.74, 6) is 13.2. The summed E-state index contributed by atoms with van der Waals surface area (Å²) >= 11 is 0. The van der Waals surface area contributed by atoms with Crippen LogP contribution in [0.5, 0.6) is 0 Å². The van der Waals surface area contributed by atoms with Gasteiger partial charge in [0.2, 0.25) is 0 Å². The van der Waals surface area contributed by atoms with Gasteiger partial charge in [0, 0.05) is 36.1 Å². The molecule has 2 aliphatic carbocycles. The topological polar surface area (TPSA) is 43.1 Å². The van der Waals surface area contributed by atoms with Crippen LogP contribution < -0.4 is 0 Å². The summed E-state index contributed by atoms with van der Waals surface area (Å²) in [5.41, 5.74) is 3.34. The molecule has 0 amide bonds. The second-order valence-electron chi connectivity index (χ2n) is 6.52. The van der Waals surface area contributed by atoms with Crippen molar-refractivity contribution >= 4 is 5.69 Å². The highest BCUT2D eigenvalue weighted by Crippen LogP contribution is 2.29. The number of allylic oxidation sites excluding steroid dienone is 6. The number of nitro groups is 1. The molecule has 1 unspecified atom stereocenters. The lowest BCUT2D eigenvalue weighted by Gasteiger charge is -2.00. The molecule has 0 saturated carbocycles. The van der Waals surface area contributed by atoms with E-state index < -0.39 is 4.92 Å². The van der Waals surface area contributed by atoms with Crippen LogP contribution in [0.3, 0.4) is 0 Å². The summed E-state index contributed by atoms with van der Waals surface area (Å²) in [6, 6.07) is 6.44. The maximum absolute atomic E-state index is 10.7. The van der Waals surface area contributed by atoms with Gasteiger partial charge in [0.25, 0.3) is 5.69 Å². The Bertz CT molecular complexity index is 897. The van der Waals surface area contributed by atoms with Gasteiger partial charge in [-0.15, -0.1) is 0 Å². The molecule has 3 heteroatoms. The third-order valence-electron chi connectivity index (χ3n) is 4.44. The molecular weight excluding hydrogens is 322 g/mol. The van der Waals surface area contributed by atoms with Crippen molar-refractivity contribution in [3.05, 3.63) is 75.4 Å². The summed E-state index contributed by atoms with van der Waals surface area (Å²) in [5, 5.41) is 10.7. The molecule has 2 aliphatic rings. The fraction of sp³-hybridized carbons (Fsp3) is 0.304. The first-order chi connectivity index (χ1) is 12.7. The zero-order valence-electron chi connectivity index (χ0n) is 14.7. The molecular formula is C23H21NO2. The van der Waals surface area contributed by atoms with Gasteiger partial charge in [-0.25, -0.2) is 0 Å². The van der Waals surface area contributed by atoms with E-state index in [9.17, 15) is 10.1 Å². The number of hydrogen-bond donors (Lipinski definition) is 0. The van der Waals surface area contributed by atoms with Crippen LogP contribution in [0.15, 0.2) is 59.7 Å². The molecule has 3 rings (SSSR count). The highest BCUT2D eigenvalue weighted by molar-refractivity contribution is 5.46. The lowest BCUT2D eigenvalue weighted by molar-refractivity contribution is -0.384. The fourth-order valence-electron chi connectivity index (χ4n) is 3.06. The first-order valence-electron chi connectivity index (χ1n) is 9.03. The summed E-state index contributed by atoms with van der Waals surface area (Å²) in [6.07, 6.45) is 15.0. The number of non-ortho nitro benzene ring substituents is 1. The van der Waals surface area contributed by atoms with E-state index in [0.717, 1.165) is 31.3 Å². The second kappa shape index (κ2) is 8.88. The van der Waals surface area contributed by atoms with Crippen LogP contribution in [0.25, 0.3) is 0 Å². The molecule has 0 spiro atoms. The molecule has 0 aliphatic heterocycles. The monoisotopic (exact) mass is 343 g/mol. The van der Waals surface area contributed by atoms with Gasteiger partial charge in [-0.05, 0) is 43.7 Å². The molecule has 0 N–H and O–H groups in total. The van der Waals surface area contributed by atoms with Crippen molar-refractivity contribution in [2.45, 2.75) is 38.5 Å². The van der Waals surface area contributed by atoms with E-state index in [-0.39, 0.29) is 5.69 Å². The van der Waals surface area contributed by atoms with Gasteiger partial charge >= 0.3 is 0 Å². The third kappa shape index (κ3) is 5.23. The number of benzene rings is 1. The minimum atomic E-state index is -0.398. The first kappa shape index (κ1) is 17.8. The van der Waals surface area contributed by atoms with Crippen LogP contribution >= 0.6 is 0 Å². The van der Waals surface area contributed by atoms with Crippen molar-refractivity contribution in [1.29, 1.82) is 0 Å². The Hall–Kier alpha value is -3.04. The van der Waals surface area contributed by atoms with Crippen LogP contribution in [0.4, 0.5) is 5.69 Å². The number of fused-ring (bicyclic) bond motifs is 1. The van der Waals surface area contributed by atoms with E-state index in [0.29, 0.717) is 11.5 Å². The standard InChI is InChI=1S/C23H21NO2/c25-24(26)23-11-7-10-19(18-23)8-5-3-1-2-4-6-9-20-12-13-21-14-15-22(16-20)17-21/h7,10-13,16-18,22H,1-4,14-15H2. The lowest BCUT2D eigenvalue weighted by Crippen LogP contribution is -1.87. The predicted octanol–water partition coefficient (Wildman–Crippen LogP) is 5.34. The molecule has 0 fully saturated rings. The first-order valence-corrected chi connectivity index (χ1v) is 9.03. The van der Waals surface area contributed by atoms with Crippen molar-refractivity contribution in [1.82, 2.24) is 0 Å². The van der Waals surface area contributed by atoms with E-state index in [1.54, 1.807) is 12.1 Å². The zero-order chi connectivity index (χ0) is 18.2. The van der Waals surface area contributed by atoms with Crippen LogP contribution in [-0.2, 0) is 0 Å². The molecule has 130 valence electrons. The van der Waals surface area contributed by atoms with Crippen LogP contribution in [-0.4, -0.2) is 4.92 Å². The number of nitro benzene ring substituents is 1. The Labute approximate surface area is 154 Å². The van der Waals surface area contributed by atoms with Crippen molar-refractivity contribution in [2.75, 3.05) is 0 Å². The SMILES string of the molecule is O=[N+]([O-])c1cccc(C#CCCCCC#CC2=CC3C=C(C=C2)CC3)c1. The van der Waals surface area contributed by atoms with E-state index in [1.807, 2.05) is 0 Å². The maximum atomic E-state index is 10.7. The maximum Gasteiger partial charge on any atom is 0.270 e. The molecule has 0 aromatic heterocycles. The average molecular weight is 343 g/mol. The summed E-state index contributed by atoms with van der Waals surface area (Å²) in [6.45, 7) is 0. The zero-order valence-corrected chi connectivity index (χ0v) is 14.7. The normalized spacial score (nSPS) is 17.2. The Morgan fingerprint density at radius 2 is 1.88 bits per heavy atom. The molecule has 0 heterocycles. The Balaban J connectivity index is 1.39. The van der Waals surface area contributed by atoms with Crippen LogP contribution in [0.2, 0.25) is 0 Å². The highest BCUT2D eigenvalue weighted by atomic mass is 16.6. The molecule has 1 aromatic carbocycles. The largest absolute Gasteiger partial charge is 0.270 e. The van der Waals surface area contributed by atoms with Gasteiger partial charge in [-0.3, -0.25) is 10.1 Å². The van der Waals surface area contributed by atoms with E-state index >= 15 is 0 Å². The van der Waals surface area contributed by atoms with Gasteiger partial charge in [0.15, 0.2) is 0 Å². The lowest BCUT2D eigenvalue weighted by atomic mass is 10.0. The number of hydrogen-bond acceptors (Lipinski definition) is 2. The van der Waals surface area contributed by atoms with Crippen molar-refractivity contribution in [3.63, 3.8) is 0 Å². The molecule has 1 aromatic rings. The van der Waals surface area contributed by atoms with Gasteiger partial charge in [-0.2, -0.15) is 0 Å². The van der Waals surface area contributed by atoms with Crippen LogP contribution in [0.1, 0.15) is 44.1 Å². The predicted molar refractivity (Wildman–Crippen MR) is 104 cm³/mol. The van der Waals surface area contributed by atoms with Gasteiger partial charge in [0.05, 0.1) is 4.92 Å². The van der Waals surface area contributed by atoms with Gasteiger partial charge in [0.1, 0.15) is 0 Å². The summed E-state index contributed by atoms with van der Waals surface area (Å²) in [4.78, 5) is 10.3. The number of nitrogens with zero attached hydrogens (tertiary/aromatic N) is 1. The number of rotatable bonds is 4. The molecule has 3 nitrogen and oxygen atoms in total. The molecule has 2 bridgehead atoms. The average Bonchev–Trinajstić information content (AvgIpc) is 2.98. The van der Waals surface area contributed by atoms with E-state index in [2.05, 4.69) is 48.0 Å². The summed E-state index contributed by atoms with van der Waals surface area (Å²) < 4.78 is 0. The number of unbranched alkanes of at least 4 members (excludes halogenated alkanes) is 3. The smallest absolute Gasteiger partial charge is 0.258 e.